The fraction of sp³-hybridized carbons (Fsp3) is 0.235. The molecule has 22 heavy (non-hydrogen) atoms. The first-order chi connectivity index (χ1) is 10.3. The minimum absolute atomic E-state index is 0.0882. The van der Waals surface area contributed by atoms with Gasteiger partial charge in [0.05, 0.1) is 17.2 Å². The maximum atomic E-state index is 12.9. The third-order valence-corrected chi connectivity index (χ3v) is 2.99. The van der Waals surface area contributed by atoms with E-state index in [9.17, 15) is 18.0 Å². The van der Waals surface area contributed by atoms with Crippen molar-refractivity contribution in [3.8, 4) is 11.1 Å². The normalized spacial score (nSPS) is 11.5. The average Bonchev–Trinajstić information content (AvgIpc) is 2.46. The van der Waals surface area contributed by atoms with Crippen LogP contribution in [-0.2, 0) is 10.9 Å². The molecule has 0 heterocycles. The van der Waals surface area contributed by atoms with E-state index in [0.29, 0.717) is 11.1 Å². The number of hydrogen-bond acceptors (Lipinski definition) is 2. The highest BCUT2D eigenvalue weighted by molar-refractivity contribution is 5.97. The number of rotatable bonds is 3. The molecule has 116 valence electrons. The van der Waals surface area contributed by atoms with E-state index in [2.05, 4.69) is 0 Å². The summed E-state index contributed by atoms with van der Waals surface area (Å²) in [4.78, 5) is 12.1. The number of carbonyl (C=O) groups is 1. The highest BCUT2D eigenvalue weighted by atomic mass is 19.4. The smallest absolute Gasteiger partial charge is 0.416 e. The Bertz CT molecular complexity index is 661. The second-order valence-corrected chi connectivity index (χ2v) is 5.08. The van der Waals surface area contributed by atoms with Gasteiger partial charge in [0.25, 0.3) is 0 Å². The Balaban J connectivity index is 2.56. The summed E-state index contributed by atoms with van der Waals surface area (Å²) in [5.41, 5.74) is 0.115. The SMILES string of the molecule is CC(C)OC(=O)c1cc(C(F)(F)F)ccc1-c1ccccc1. The van der Waals surface area contributed by atoms with Crippen molar-refractivity contribution < 1.29 is 22.7 Å². The number of halogens is 3. The van der Waals surface area contributed by atoms with E-state index >= 15 is 0 Å². The standard InChI is InChI=1S/C17H15F3O2/c1-11(2)22-16(21)15-10-13(17(18,19)20)8-9-14(15)12-6-4-3-5-7-12/h3-11H,1-2H3. The van der Waals surface area contributed by atoms with E-state index in [4.69, 9.17) is 4.74 Å². The molecule has 2 rings (SSSR count). The minimum atomic E-state index is -4.51. The van der Waals surface area contributed by atoms with Gasteiger partial charge in [0.15, 0.2) is 0 Å². The van der Waals surface area contributed by atoms with Crippen molar-refractivity contribution in [3.05, 3.63) is 59.7 Å². The van der Waals surface area contributed by atoms with Crippen molar-refractivity contribution in [2.75, 3.05) is 0 Å². The molecule has 0 atom stereocenters. The van der Waals surface area contributed by atoms with Gasteiger partial charge in [-0.1, -0.05) is 36.4 Å². The van der Waals surface area contributed by atoms with Crippen molar-refractivity contribution in [1.82, 2.24) is 0 Å². The Morgan fingerprint density at radius 2 is 1.68 bits per heavy atom. The molecule has 0 saturated carbocycles. The van der Waals surface area contributed by atoms with Gasteiger partial charge in [-0.15, -0.1) is 0 Å². The van der Waals surface area contributed by atoms with Crippen molar-refractivity contribution in [2.45, 2.75) is 26.1 Å². The molecule has 0 saturated heterocycles. The van der Waals surface area contributed by atoms with Crippen LogP contribution < -0.4 is 0 Å². The van der Waals surface area contributed by atoms with Gasteiger partial charge < -0.3 is 4.74 Å². The zero-order chi connectivity index (χ0) is 16.3. The first-order valence-corrected chi connectivity index (χ1v) is 6.76. The van der Waals surface area contributed by atoms with Crippen molar-refractivity contribution in [1.29, 1.82) is 0 Å². The average molecular weight is 308 g/mol. The molecule has 2 aromatic rings. The second kappa shape index (κ2) is 6.22. The van der Waals surface area contributed by atoms with E-state index in [1.165, 1.54) is 6.07 Å². The quantitative estimate of drug-likeness (QED) is 0.751. The van der Waals surface area contributed by atoms with Gasteiger partial charge in [-0.3, -0.25) is 0 Å². The lowest BCUT2D eigenvalue weighted by Crippen LogP contribution is -2.14. The van der Waals surface area contributed by atoms with E-state index in [1.54, 1.807) is 44.2 Å². The summed E-state index contributed by atoms with van der Waals surface area (Å²) >= 11 is 0. The van der Waals surface area contributed by atoms with Crippen LogP contribution in [-0.4, -0.2) is 12.1 Å². The van der Waals surface area contributed by atoms with Crippen molar-refractivity contribution in [3.63, 3.8) is 0 Å². The van der Waals surface area contributed by atoms with E-state index < -0.39 is 23.8 Å². The van der Waals surface area contributed by atoms with E-state index in [1.807, 2.05) is 0 Å². The Morgan fingerprint density at radius 1 is 1.05 bits per heavy atom. The van der Waals surface area contributed by atoms with Crippen LogP contribution in [0.15, 0.2) is 48.5 Å². The van der Waals surface area contributed by atoms with Crippen LogP contribution in [0.4, 0.5) is 13.2 Å². The second-order valence-electron chi connectivity index (χ2n) is 5.08. The van der Waals surface area contributed by atoms with Crippen LogP contribution in [0.2, 0.25) is 0 Å². The fourth-order valence-corrected chi connectivity index (χ4v) is 2.04. The number of hydrogen-bond donors (Lipinski definition) is 0. The topological polar surface area (TPSA) is 26.3 Å². The van der Waals surface area contributed by atoms with E-state index in [0.717, 1.165) is 12.1 Å². The van der Waals surface area contributed by atoms with Gasteiger partial charge in [-0.2, -0.15) is 13.2 Å². The Labute approximate surface area is 126 Å². The first-order valence-electron chi connectivity index (χ1n) is 6.76. The van der Waals surface area contributed by atoms with Gasteiger partial charge in [0.2, 0.25) is 0 Å². The Hall–Kier alpha value is -2.30. The Morgan fingerprint density at radius 3 is 2.23 bits per heavy atom. The van der Waals surface area contributed by atoms with Crippen LogP contribution in [0.3, 0.4) is 0 Å². The third kappa shape index (κ3) is 3.67. The lowest BCUT2D eigenvalue weighted by atomic mass is 9.97. The number of carbonyl (C=O) groups excluding carboxylic acids is 1. The Kier molecular flexibility index (Phi) is 4.54. The van der Waals surface area contributed by atoms with Gasteiger partial charge >= 0.3 is 12.1 Å². The van der Waals surface area contributed by atoms with Crippen LogP contribution in [0, 0.1) is 0 Å². The predicted molar refractivity (Wildman–Crippen MR) is 77.4 cm³/mol. The first kappa shape index (κ1) is 16.1. The fourth-order valence-electron chi connectivity index (χ4n) is 2.04. The molecule has 0 fully saturated rings. The lowest BCUT2D eigenvalue weighted by molar-refractivity contribution is -0.137. The maximum absolute atomic E-state index is 12.9. The van der Waals surface area contributed by atoms with Gasteiger partial charge in [-0.25, -0.2) is 4.79 Å². The molecule has 5 heteroatoms. The lowest BCUT2D eigenvalue weighted by Gasteiger charge is -2.14. The van der Waals surface area contributed by atoms with Crippen LogP contribution in [0.5, 0.6) is 0 Å². The monoisotopic (exact) mass is 308 g/mol. The molecule has 0 aromatic heterocycles. The molecule has 0 bridgehead atoms. The zero-order valence-electron chi connectivity index (χ0n) is 12.1. The molecule has 2 aromatic carbocycles. The van der Waals surface area contributed by atoms with Gasteiger partial charge in [0, 0.05) is 0 Å². The highest BCUT2D eigenvalue weighted by Gasteiger charge is 2.32. The largest absolute Gasteiger partial charge is 0.459 e. The number of benzene rings is 2. The van der Waals surface area contributed by atoms with Gasteiger partial charge in [-0.05, 0) is 37.1 Å². The van der Waals surface area contributed by atoms with Crippen LogP contribution in [0.25, 0.3) is 11.1 Å². The summed E-state index contributed by atoms with van der Waals surface area (Å²) in [7, 11) is 0. The number of esters is 1. The number of ether oxygens (including phenoxy) is 1. The van der Waals surface area contributed by atoms with Crippen molar-refractivity contribution >= 4 is 5.97 Å². The molecule has 0 N–H and O–H groups in total. The molecule has 0 aliphatic heterocycles. The predicted octanol–water partition coefficient (Wildman–Crippen LogP) is 4.94. The summed E-state index contributed by atoms with van der Waals surface area (Å²) in [6.45, 7) is 3.29. The minimum Gasteiger partial charge on any atom is -0.459 e. The van der Waals surface area contributed by atoms with Crippen molar-refractivity contribution in [2.24, 2.45) is 0 Å². The molecule has 0 unspecified atom stereocenters. The van der Waals surface area contributed by atoms with E-state index in [-0.39, 0.29) is 5.56 Å². The van der Waals surface area contributed by atoms with Crippen LogP contribution in [0.1, 0.15) is 29.8 Å². The molecule has 2 nitrogen and oxygen atoms in total. The molecule has 0 spiro atoms. The summed E-state index contributed by atoms with van der Waals surface area (Å²) in [6.07, 6.45) is -4.92. The zero-order valence-corrected chi connectivity index (χ0v) is 12.1. The maximum Gasteiger partial charge on any atom is 0.416 e. The molecular formula is C17H15F3O2. The summed E-state index contributed by atoms with van der Waals surface area (Å²) in [5, 5.41) is 0. The summed E-state index contributed by atoms with van der Waals surface area (Å²) in [6, 6.07) is 11.9. The van der Waals surface area contributed by atoms with Crippen LogP contribution >= 0.6 is 0 Å². The summed E-state index contributed by atoms with van der Waals surface area (Å²) < 4.78 is 43.7. The molecule has 0 amide bonds. The number of alkyl halides is 3. The third-order valence-electron chi connectivity index (χ3n) is 2.99. The molecular weight excluding hydrogens is 293 g/mol. The molecule has 0 radical (unpaired) electrons. The molecule has 0 aliphatic carbocycles. The highest BCUT2D eigenvalue weighted by Crippen LogP contribution is 2.33. The van der Waals surface area contributed by atoms with Gasteiger partial charge in [0.1, 0.15) is 0 Å². The molecule has 0 aliphatic rings. The summed E-state index contributed by atoms with van der Waals surface area (Å²) in [5.74, 6) is -0.764.